The molecular formula is C23H26N4OS. The molecule has 2 aliphatic heterocycles. The van der Waals surface area contributed by atoms with E-state index in [1.54, 1.807) is 11.5 Å². The van der Waals surface area contributed by atoms with Crippen LogP contribution in [0.1, 0.15) is 25.0 Å². The third-order valence-electron chi connectivity index (χ3n) is 6.32. The van der Waals surface area contributed by atoms with E-state index in [1.165, 1.54) is 15.6 Å². The number of anilines is 2. The minimum Gasteiger partial charge on any atom is -0.353 e. The van der Waals surface area contributed by atoms with E-state index < -0.39 is 5.41 Å². The van der Waals surface area contributed by atoms with Gasteiger partial charge in [0.05, 0.1) is 10.1 Å². The molecule has 0 radical (unpaired) electrons. The summed E-state index contributed by atoms with van der Waals surface area (Å²) >= 11 is 1.59. The molecule has 0 unspecified atom stereocenters. The maximum absolute atomic E-state index is 12.2. The third-order valence-corrected chi connectivity index (χ3v) is 7.14. The zero-order chi connectivity index (χ0) is 20.0. The number of hydrogen-bond acceptors (Lipinski definition) is 5. The van der Waals surface area contributed by atoms with Gasteiger partial charge >= 0.3 is 0 Å². The SMILES string of the molecule is CC1(C)C(=O)Nc2ccc(CCN3CCN(c4nsc5ccccc45)CC3)cc21. The number of amides is 1. The highest BCUT2D eigenvalue weighted by Crippen LogP contribution is 2.37. The number of benzene rings is 2. The minimum absolute atomic E-state index is 0.0929. The van der Waals surface area contributed by atoms with Crippen LogP contribution in [0.5, 0.6) is 0 Å². The second kappa shape index (κ2) is 7.11. The fourth-order valence-electron chi connectivity index (χ4n) is 4.35. The second-order valence-electron chi connectivity index (χ2n) is 8.54. The zero-order valence-corrected chi connectivity index (χ0v) is 17.8. The van der Waals surface area contributed by atoms with Crippen molar-refractivity contribution in [2.45, 2.75) is 25.7 Å². The molecular weight excluding hydrogens is 380 g/mol. The fraction of sp³-hybridized carbons (Fsp3) is 0.391. The quantitative estimate of drug-likeness (QED) is 0.714. The van der Waals surface area contributed by atoms with Crippen LogP contribution in [0.3, 0.4) is 0 Å². The van der Waals surface area contributed by atoms with Crippen LogP contribution in [0.2, 0.25) is 0 Å². The van der Waals surface area contributed by atoms with Crippen LogP contribution >= 0.6 is 11.5 Å². The summed E-state index contributed by atoms with van der Waals surface area (Å²) in [5, 5.41) is 4.26. The summed E-state index contributed by atoms with van der Waals surface area (Å²) in [6.07, 6.45) is 1.01. The van der Waals surface area contributed by atoms with Gasteiger partial charge in [-0.25, -0.2) is 0 Å². The van der Waals surface area contributed by atoms with E-state index in [4.69, 9.17) is 4.37 Å². The van der Waals surface area contributed by atoms with Crippen molar-refractivity contribution in [3.63, 3.8) is 0 Å². The Hall–Kier alpha value is -2.44. The molecule has 0 aliphatic carbocycles. The monoisotopic (exact) mass is 406 g/mol. The highest BCUT2D eigenvalue weighted by atomic mass is 32.1. The third kappa shape index (κ3) is 3.30. The van der Waals surface area contributed by atoms with Gasteiger partial charge in [-0.15, -0.1) is 0 Å². The first-order chi connectivity index (χ1) is 14.0. The molecule has 2 aromatic carbocycles. The number of carbonyl (C=O) groups is 1. The molecule has 5 nitrogen and oxygen atoms in total. The summed E-state index contributed by atoms with van der Waals surface area (Å²) in [6.45, 7) is 9.20. The molecule has 3 aromatic rings. The van der Waals surface area contributed by atoms with Gasteiger partial charge in [0, 0.05) is 43.8 Å². The average Bonchev–Trinajstić information content (AvgIpc) is 3.26. The highest BCUT2D eigenvalue weighted by Gasteiger charge is 2.38. The largest absolute Gasteiger partial charge is 0.353 e. The first kappa shape index (κ1) is 18.6. The van der Waals surface area contributed by atoms with E-state index in [1.807, 2.05) is 13.8 Å². The van der Waals surface area contributed by atoms with Crippen molar-refractivity contribution in [1.82, 2.24) is 9.27 Å². The van der Waals surface area contributed by atoms with Crippen molar-refractivity contribution in [3.8, 4) is 0 Å². The fourth-order valence-corrected chi connectivity index (χ4v) is 5.14. The van der Waals surface area contributed by atoms with Gasteiger partial charge in [-0.3, -0.25) is 9.69 Å². The molecule has 1 saturated heterocycles. The lowest BCUT2D eigenvalue weighted by molar-refractivity contribution is -0.119. The van der Waals surface area contributed by atoms with Crippen molar-refractivity contribution < 1.29 is 4.79 Å². The molecule has 150 valence electrons. The molecule has 6 heteroatoms. The number of aromatic nitrogens is 1. The normalized spacial score (nSPS) is 18.8. The average molecular weight is 407 g/mol. The van der Waals surface area contributed by atoms with E-state index in [0.29, 0.717) is 0 Å². The van der Waals surface area contributed by atoms with Gasteiger partial charge in [-0.1, -0.05) is 24.3 Å². The van der Waals surface area contributed by atoms with Gasteiger partial charge < -0.3 is 10.2 Å². The molecule has 2 aliphatic rings. The Morgan fingerprint density at radius 3 is 2.72 bits per heavy atom. The van der Waals surface area contributed by atoms with Gasteiger partial charge in [0.2, 0.25) is 5.91 Å². The molecule has 0 atom stereocenters. The van der Waals surface area contributed by atoms with E-state index in [-0.39, 0.29) is 5.91 Å². The van der Waals surface area contributed by atoms with Crippen LogP contribution in [0, 0.1) is 0 Å². The van der Waals surface area contributed by atoms with Crippen molar-refractivity contribution in [2.75, 3.05) is 42.9 Å². The van der Waals surface area contributed by atoms with Gasteiger partial charge in [0.1, 0.15) is 5.82 Å². The van der Waals surface area contributed by atoms with Crippen LogP contribution < -0.4 is 10.2 Å². The molecule has 29 heavy (non-hydrogen) atoms. The Morgan fingerprint density at radius 1 is 1.10 bits per heavy atom. The maximum atomic E-state index is 12.2. The number of nitrogens with one attached hydrogen (secondary N) is 1. The zero-order valence-electron chi connectivity index (χ0n) is 16.9. The topological polar surface area (TPSA) is 48.5 Å². The predicted octanol–water partition coefficient (Wildman–Crippen LogP) is 3.89. The van der Waals surface area contributed by atoms with Crippen LogP contribution in [0.15, 0.2) is 42.5 Å². The number of hydrogen-bond donors (Lipinski definition) is 1. The molecule has 5 rings (SSSR count). The Labute approximate surface area is 175 Å². The van der Waals surface area contributed by atoms with Crippen molar-refractivity contribution in [3.05, 3.63) is 53.6 Å². The number of rotatable bonds is 4. The summed E-state index contributed by atoms with van der Waals surface area (Å²) in [7, 11) is 0. The lowest BCUT2D eigenvalue weighted by Gasteiger charge is -2.35. The summed E-state index contributed by atoms with van der Waals surface area (Å²) < 4.78 is 5.97. The van der Waals surface area contributed by atoms with Gasteiger partial charge in [-0.05, 0) is 61.1 Å². The molecule has 1 fully saturated rings. The van der Waals surface area contributed by atoms with E-state index in [0.717, 1.165) is 56.2 Å². The van der Waals surface area contributed by atoms with E-state index in [2.05, 4.69) is 57.6 Å². The molecule has 0 bridgehead atoms. The summed E-state index contributed by atoms with van der Waals surface area (Å²) in [5.41, 5.74) is 2.96. The van der Waals surface area contributed by atoms with Crippen molar-refractivity contribution in [2.24, 2.45) is 0 Å². The van der Waals surface area contributed by atoms with E-state index >= 15 is 0 Å². The van der Waals surface area contributed by atoms with Crippen LogP contribution in [-0.4, -0.2) is 47.9 Å². The van der Waals surface area contributed by atoms with Gasteiger partial charge in [0.15, 0.2) is 0 Å². The predicted molar refractivity (Wildman–Crippen MR) is 120 cm³/mol. The van der Waals surface area contributed by atoms with Gasteiger partial charge in [0.25, 0.3) is 0 Å². The summed E-state index contributed by atoms with van der Waals surface area (Å²) in [6, 6.07) is 14.9. The van der Waals surface area contributed by atoms with Crippen molar-refractivity contribution in [1.29, 1.82) is 0 Å². The Balaban J connectivity index is 1.20. The van der Waals surface area contributed by atoms with E-state index in [9.17, 15) is 4.79 Å². The highest BCUT2D eigenvalue weighted by molar-refractivity contribution is 7.13. The second-order valence-corrected chi connectivity index (χ2v) is 9.35. The Kier molecular flexibility index (Phi) is 4.56. The van der Waals surface area contributed by atoms with Gasteiger partial charge in [-0.2, -0.15) is 4.37 Å². The first-order valence-corrected chi connectivity index (χ1v) is 11.1. The smallest absolute Gasteiger partial charge is 0.234 e. The molecule has 1 amide bonds. The Morgan fingerprint density at radius 2 is 1.90 bits per heavy atom. The molecule has 0 saturated carbocycles. The molecule has 0 spiro atoms. The number of piperazine rings is 1. The summed E-state index contributed by atoms with van der Waals surface area (Å²) in [4.78, 5) is 17.1. The maximum Gasteiger partial charge on any atom is 0.234 e. The lowest BCUT2D eigenvalue weighted by Crippen LogP contribution is -2.47. The molecule has 1 N–H and O–H groups in total. The molecule has 3 heterocycles. The minimum atomic E-state index is -0.437. The summed E-state index contributed by atoms with van der Waals surface area (Å²) in [5.74, 6) is 1.23. The van der Waals surface area contributed by atoms with Crippen molar-refractivity contribution >= 4 is 39.0 Å². The molecule has 1 aromatic heterocycles. The lowest BCUT2D eigenvalue weighted by atomic mass is 9.85. The van der Waals surface area contributed by atoms with Crippen LogP contribution in [0.4, 0.5) is 11.5 Å². The first-order valence-electron chi connectivity index (χ1n) is 10.3. The van der Waals surface area contributed by atoms with Crippen LogP contribution in [0.25, 0.3) is 10.1 Å². The number of nitrogens with zero attached hydrogens (tertiary/aromatic N) is 3. The number of fused-ring (bicyclic) bond motifs is 2. The standard InChI is InChI=1S/C23H26N4OS/c1-23(2)18-15-16(7-8-19(18)24-22(23)28)9-10-26-11-13-27(14-12-26)21-17-5-3-4-6-20(17)29-25-21/h3-8,15H,9-14H2,1-2H3,(H,24,28). The number of carbonyl (C=O) groups excluding carboxylic acids is 1. The Bertz CT molecular complexity index is 1070. The van der Waals surface area contributed by atoms with Crippen LogP contribution in [-0.2, 0) is 16.6 Å².